The molecule has 2 aromatic rings. The molecule has 0 spiro atoms. The second-order valence-corrected chi connectivity index (χ2v) is 7.63. The van der Waals surface area contributed by atoms with E-state index in [1.165, 1.54) is 4.90 Å². The highest BCUT2D eigenvalue weighted by Gasteiger charge is 2.33. The molecule has 1 aromatic heterocycles. The van der Waals surface area contributed by atoms with E-state index in [2.05, 4.69) is 17.3 Å². The van der Waals surface area contributed by atoms with Crippen LogP contribution in [0.3, 0.4) is 0 Å². The number of hydrogen-bond donors (Lipinski definition) is 3. The molecule has 0 aliphatic carbocycles. The predicted molar refractivity (Wildman–Crippen MR) is 112 cm³/mol. The van der Waals surface area contributed by atoms with Crippen LogP contribution in [0.25, 0.3) is 11.3 Å². The van der Waals surface area contributed by atoms with Crippen LogP contribution < -0.4 is 16.6 Å². The molecule has 2 heterocycles. The smallest absolute Gasteiger partial charge is 0.272 e. The number of fused-ring (bicyclic) bond motifs is 1. The molecule has 0 bridgehead atoms. The summed E-state index contributed by atoms with van der Waals surface area (Å²) in [7, 11) is 0. The Morgan fingerprint density at radius 2 is 2.00 bits per heavy atom. The summed E-state index contributed by atoms with van der Waals surface area (Å²) in [6, 6.07) is 8.99. The zero-order chi connectivity index (χ0) is 21.7. The molecular formula is C20H25ClN6O3. The normalized spacial score (nSPS) is 15.6. The van der Waals surface area contributed by atoms with Gasteiger partial charge >= 0.3 is 0 Å². The van der Waals surface area contributed by atoms with Crippen LogP contribution in [0.4, 0.5) is 0 Å². The third-order valence-corrected chi connectivity index (χ3v) is 5.24. The zero-order valence-electron chi connectivity index (χ0n) is 16.7. The van der Waals surface area contributed by atoms with Crippen LogP contribution in [0.5, 0.6) is 0 Å². The third-order valence-electron chi connectivity index (χ3n) is 4.99. The van der Waals surface area contributed by atoms with Crippen LogP contribution in [0.2, 0.25) is 5.02 Å². The fraction of sp³-hybridized carbons (Fsp3) is 0.400. The van der Waals surface area contributed by atoms with Crippen molar-refractivity contribution in [1.29, 1.82) is 0 Å². The van der Waals surface area contributed by atoms with E-state index < -0.39 is 11.8 Å². The van der Waals surface area contributed by atoms with Gasteiger partial charge in [-0.05, 0) is 24.6 Å². The number of nitrogens with one attached hydrogen (secondary N) is 2. The van der Waals surface area contributed by atoms with Crippen molar-refractivity contribution in [1.82, 2.24) is 25.4 Å². The Hall–Kier alpha value is -2.91. The van der Waals surface area contributed by atoms with Gasteiger partial charge in [0.25, 0.3) is 11.8 Å². The Balaban J connectivity index is 1.82. The van der Waals surface area contributed by atoms with Gasteiger partial charge in [-0.3, -0.25) is 24.5 Å². The quantitative estimate of drug-likeness (QED) is 0.331. The number of carbonyl (C=O) groups excluding carboxylic acids is 3. The van der Waals surface area contributed by atoms with E-state index in [4.69, 9.17) is 17.4 Å². The van der Waals surface area contributed by atoms with E-state index in [-0.39, 0.29) is 25.0 Å². The largest absolute Gasteiger partial charge is 0.345 e. The van der Waals surface area contributed by atoms with Crippen molar-refractivity contribution in [2.24, 2.45) is 5.84 Å². The minimum Gasteiger partial charge on any atom is -0.345 e. The van der Waals surface area contributed by atoms with Crippen molar-refractivity contribution >= 4 is 29.3 Å². The van der Waals surface area contributed by atoms with Gasteiger partial charge in [-0.25, -0.2) is 5.84 Å². The van der Waals surface area contributed by atoms with E-state index in [1.54, 1.807) is 22.9 Å². The van der Waals surface area contributed by atoms with Crippen LogP contribution in [-0.4, -0.2) is 52.0 Å². The molecule has 30 heavy (non-hydrogen) atoms. The Kier molecular flexibility index (Phi) is 7.07. The monoisotopic (exact) mass is 432 g/mol. The number of hydrazine groups is 1. The average Bonchev–Trinajstić information content (AvgIpc) is 3.19. The average molecular weight is 433 g/mol. The molecule has 10 heteroatoms. The molecule has 1 aliphatic heterocycles. The molecule has 3 rings (SSSR count). The van der Waals surface area contributed by atoms with E-state index in [1.807, 2.05) is 17.6 Å². The molecule has 1 aliphatic rings. The van der Waals surface area contributed by atoms with Crippen LogP contribution in [0, 0.1) is 0 Å². The standard InChI is InChI=1S/C20H25ClN6O3/c1-2-3-4-15-11-26(12-19(29)23-10-18(28)24-22)20(30)17-9-16(25-27(15)17)13-5-7-14(21)8-6-13/h5-9,15H,2-4,10-12,22H2,1H3,(H,23,29)(H,24,28). The summed E-state index contributed by atoms with van der Waals surface area (Å²) in [4.78, 5) is 37.9. The highest BCUT2D eigenvalue weighted by Crippen LogP contribution is 2.29. The van der Waals surface area contributed by atoms with Crippen molar-refractivity contribution < 1.29 is 14.4 Å². The molecule has 160 valence electrons. The number of aromatic nitrogens is 2. The highest BCUT2D eigenvalue weighted by atomic mass is 35.5. The summed E-state index contributed by atoms with van der Waals surface area (Å²) in [5.41, 5.74) is 3.93. The van der Waals surface area contributed by atoms with Crippen molar-refractivity contribution in [3.8, 4) is 11.3 Å². The van der Waals surface area contributed by atoms with E-state index in [9.17, 15) is 14.4 Å². The molecule has 4 N–H and O–H groups in total. The second-order valence-electron chi connectivity index (χ2n) is 7.19. The van der Waals surface area contributed by atoms with Crippen LogP contribution in [0.15, 0.2) is 30.3 Å². The van der Waals surface area contributed by atoms with Gasteiger partial charge in [0.1, 0.15) is 5.69 Å². The molecule has 9 nitrogen and oxygen atoms in total. The molecular weight excluding hydrogens is 408 g/mol. The van der Waals surface area contributed by atoms with Gasteiger partial charge in [-0.2, -0.15) is 5.10 Å². The predicted octanol–water partition coefficient (Wildman–Crippen LogP) is 1.50. The van der Waals surface area contributed by atoms with Gasteiger partial charge in [-0.1, -0.05) is 43.5 Å². The Morgan fingerprint density at radius 3 is 2.67 bits per heavy atom. The number of hydrogen-bond acceptors (Lipinski definition) is 5. The molecule has 0 saturated heterocycles. The lowest BCUT2D eigenvalue weighted by Crippen LogP contribution is -2.49. The van der Waals surface area contributed by atoms with Crippen LogP contribution >= 0.6 is 11.6 Å². The minimum atomic E-state index is -0.514. The fourth-order valence-electron chi connectivity index (χ4n) is 3.42. The van der Waals surface area contributed by atoms with Gasteiger partial charge in [0, 0.05) is 17.1 Å². The van der Waals surface area contributed by atoms with Crippen LogP contribution in [0.1, 0.15) is 42.7 Å². The number of amides is 3. The van der Waals surface area contributed by atoms with Gasteiger partial charge in [0.15, 0.2) is 0 Å². The first-order valence-electron chi connectivity index (χ1n) is 9.83. The summed E-state index contributed by atoms with van der Waals surface area (Å²) in [5.74, 6) is 3.80. The number of nitrogens with two attached hydrogens (primary N) is 1. The number of halogens is 1. The fourth-order valence-corrected chi connectivity index (χ4v) is 3.55. The van der Waals surface area contributed by atoms with Gasteiger partial charge < -0.3 is 10.2 Å². The second kappa shape index (κ2) is 9.73. The topological polar surface area (TPSA) is 122 Å². The maximum atomic E-state index is 13.0. The van der Waals surface area contributed by atoms with Gasteiger partial charge in [-0.15, -0.1) is 0 Å². The summed E-state index contributed by atoms with van der Waals surface area (Å²) >= 11 is 5.97. The van der Waals surface area contributed by atoms with Gasteiger partial charge in [0.2, 0.25) is 5.91 Å². The van der Waals surface area contributed by atoms with Gasteiger partial charge in [0.05, 0.1) is 24.8 Å². The number of carbonyl (C=O) groups is 3. The van der Waals surface area contributed by atoms with Crippen molar-refractivity contribution in [3.05, 3.63) is 41.0 Å². The first kappa shape index (κ1) is 21.8. The Labute approximate surface area is 179 Å². The molecule has 1 aromatic carbocycles. The molecule has 0 radical (unpaired) electrons. The van der Waals surface area contributed by atoms with E-state index in [0.717, 1.165) is 24.8 Å². The van der Waals surface area contributed by atoms with Crippen LogP contribution in [-0.2, 0) is 9.59 Å². The summed E-state index contributed by atoms with van der Waals surface area (Å²) in [6.07, 6.45) is 2.83. The van der Waals surface area contributed by atoms with E-state index in [0.29, 0.717) is 23.0 Å². The molecule has 0 saturated carbocycles. The number of unbranched alkanes of at least 4 members (excludes halogenated alkanes) is 1. The number of rotatable bonds is 8. The number of nitrogens with zero attached hydrogens (tertiary/aromatic N) is 3. The summed E-state index contributed by atoms with van der Waals surface area (Å²) in [6.45, 7) is 2.10. The molecule has 1 unspecified atom stereocenters. The maximum absolute atomic E-state index is 13.0. The third kappa shape index (κ3) is 4.98. The Bertz CT molecular complexity index is 927. The zero-order valence-corrected chi connectivity index (χ0v) is 17.5. The minimum absolute atomic E-state index is 0.0289. The first-order valence-corrected chi connectivity index (χ1v) is 10.2. The molecule has 1 atom stereocenters. The van der Waals surface area contributed by atoms with E-state index >= 15 is 0 Å². The maximum Gasteiger partial charge on any atom is 0.272 e. The Morgan fingerprint density at radius 1 is 1.27 bits per heavy atom. The molecule has 3 amide bonds. The number of benzene rings is 1. The van der Waals surface area contributed by atoms with Crippen molar-refractivity contribution in [2.75, 3.05) is 19.6 Å². The summed E-state index contributed by atoms with van der Waals surface area (Å²) in [5, 5.41) is 7.76. The lowest BCUT2D eigenvalue weighted by molar-refractivity contribution is -0.126. The van der Waals surface area contributed by atoms with Crippen molar-refractivity contribution in [2.45, 2.75) is 32.2 Å². The SMILES string of the molecule is CCCCC1CN(CC(=O)NCC(=O)NN)C(=O)c2cc(-c3ccc(Cl)cc3)nn21. The first-order chi connectivity index (χ1) is 14.4. The van der Waals surface area contributed by atoms with Crippen molar-refractivity contribution in [3.63, 3.8) is 0 Å². The lowest BCUT2D eigenvalue weighted by atomic mass is 10.1. The molecule has 0 fully saturated rings. The lowest BCUT2D eigenvalue weighted by Gasteiger charge is -2.33. The highest BCUT2D eigenvalue weighted by molar-refractivity contribution is 6.30. The summed E-state index contributed by atoms with van der Waals surface area (Å²) < 4.78 is 1.78.